The molecule has 0 amide bonds. The van der Waals surface area contributed by atoms with Crippen molar-refractivity contribution in [1.29, 1.82) is 0 Å². The maximum Gasteiger partial charge on any atom is 0.191 e. The van der Waals surface area contributed by atoms with Gasteiger partial charge in [0.2, 0.25) is 0 Å². The summed E-state index contributed by atoms with van der Waals surface area (Å²) in [5, 5.41) is 0. The van der Waals surface area contributed by atoms with Crippen LogP contribution in [0.5, 0.6) is 0 Å². The fraction of sp³-hybridized carbons (Fsp3) is 0.900. The second-order valence-electron chi connectivity index (χ2n) is 4.04. The molecule has 1 heterocycles. The Morgan fingerprint density at radius 3 is 2.64 bits per heavy atom. The Kier molecular flexibility index (Phi) is 4.04. The van der Waals surface area contributed by atoms with Gasteiger partial charge in [-0.15, -0.1) is 0 Å². The molecule has 82 valence electrons. The van der Waals surface area contributed by atoms with Crippen LogP contribution in [0.4, 0.5) is 0 Å². The quantitative estimate of drug-likeness (QED) is 0.515. The van der Waals surface area contributed by atoms with Crippen LogP contribution in [0.15, 0.2) is 0 Å². The molecule has 0 aromatic heterocycles. The lowest BCUT2D eigenvalue weighted by atomic mass is 10.1. The third kappa shape index (κ3) is 3.36. The molecule has 1 aliphatic rings. The Bertz CT molecular complexity index is 194. The van der Waals surface area contributed by atoms with Gasteiger partial charge in [-0.05, 0) is 33.6 Å². The minimum Gasteiger partial charge on any atom is -0.350 e. The lowest BCUT2D eigenvalue weighted by molar-refractivity contribution is -0.414. The van der Waals surface area contributed by atoms with Crippen LogP contribution in [0.25, 0.3) is 0 Å². The molecule has 1 fully saturated rings. The summed E-state index contributed by atoms with van der Waals surface area (Å²) in [6.07, 6.45) is 2.65. The molecule has 0 aromatic carbocycles. The van der Waals surface area contributed by atoms with Crippen LogP contribution < -0.4 is 0 Å². The number of carbonyl (C=O) groups excluding carboxylic acids is 1. The summed E-state index contributed by atoms with van der Waals surface area (Å²) in [5.41, 5.74) is -0.888. The SMILES string of the molecule is CC(=O)C(C)(C)OOC1CCCCO1. The maximum absolute atomic E-state index is 11.1. The van der Waals surface area contributed by atoms with E-state index in [-0.39, 0.29) is 12.1 Å². The monoisotopic (exact) mass is 202 g/mol. The molecule has 0 aromatic rings. The molecule has 0 spiro atoms. The van der Waals surface area contributed by atoms with Crippen molar-refractivity contribution >= 4 is 5.78 Å². The van der Waals surface area contributed by atoms with E-state index in [4.69, 9.17) is 14.5 Å². The molecule has 1 atom stereocenters. The van der Waals surface area contributed by atoms with Gasteiger partial charge in [0.25, 0.3) is 0 Å². The topological polar surface area (TPSA) is 44.8 Å². The standard InChI is InChI=1S/C10H18O4/c1-8(11)10(2,3)14-13-9-6-4-5-7-12-9/h9H,4-7H2,1-3H3. The van der Waals surface area contributed by atoms with E-state index >= 15 is 0 Å². The zero-order valence-electron chi connectivity index (χ0n) is 9.04. The summed E-state index contributed by atoms with van der Waals surface area (Å²) < 4.78 is 5.29. The fourth-order valence-corrected chi connectivity index (χ4v) is 1.02. The Hall–Kier alpha value is -0.450. The fourth-order valence-electron chi connectivity index (χ4n) is 1.02. The molecule has 1 saturated heterocycles. The molecule has 14 heavy (non-hydrogen) atoms. The smallest absolute Gasteiger partial charge is 0.191 e. The molecule has 0 radical (unpaired) electrons. The van der Waals surface area contributed by atoms with Crippen LogP contribution in [-0.2, 0) is 19.3 Å². The first-order valence-corrected chi connectivity index (χ1v) is 4.99. The predicted octanol–water partition coefficient (Wildman–Crippen LogP) is 1.83. The van der Waals surface area contributed by atoms with E-state index in [0.29, 0.717) is 6.61 Å². The number of ketones is 1. The summed E-state index contributed by atoms with van der Waals surface area (Å²) in [6, 6.07) is 0. The van der Waals surface area contributed by atoms with Crippen molar-refractivity contribution in [3.8, 4) is 0 Å². The number of hydrogen-bond acceptors (Lipinski definition) is 4. The van der Waals surface area contributed by atoms with E-state index in [1.807, 2.05) is 0 Å². The number of hydrogen-bond donors (Lipinski definition) is 0. The average molecular weight is 202 g/mol. The van der Waals surface area contributed by atoms with Crippen LogP contribution >= 0.6 is 0 Å². The number of Topliss-reactive ketones (excluding diaryl/α,β-unsaturated/α-hetero) is 1. The van der Waals surface area contributed by atoms with Gasteiger partial charge >= 0.3 is 0 Å². The summed E-state index contributed by atoms with van der Waals surface area (Å²) in [6.45, 7) is 5.54. The van der Waals surface area contributed by atoms with Gasteiger partial charge in [-0.3, -0.25) is 4.79 Å². The number of carbonyl (C=O) groups is 1. The maximum atomic E-state index is 11.1. The molecular formula is C10H18O4. The van der Waals surface area contributed by atoms with Gasteiger partial charge in [0.1, 0.15) is 0 Å². The van der Waals surface area contributed by atoms with Crippen molar-refractivity contribution in [2.75, 3.05) is 6.61 Å². The van der Waals surface area contributed by atoms with E-state index < -0.39 is 5.60 Å². The van der Waals surface area contributed by atoms with Gasteiger partial charge in [0.15, 0.2) is 17.7 Å². The van der Waals surface area contributed by atoms with E-state index in [1.165, 1.54) is 6.92 Å². The van der Waals surface area contributed by atoms with Crippen LogP contribution in [0.1, 0.15) is 40.0 Å². The summed E-state index contributed by atoms with van der Waals surface area (Å²) in [7, 11) is 0. The summed E-state index contributed by atoms with van der Waals surface area (Å²) in [5.74, 6) is -0.0618. The highest BCUT2D eigenvalue weighted by atomic mass is 17.2. The van der Waals surface area contributed by atoms with Gasteiger partial charge < -0.3 is 4.74 Å². The van der Waals surface area contributed by atoms with E-state index in [0.717, 1.165) is 19.3 Å². The zero-order valence-corrected chi connectivity index (χ0v) is 9.04. The van der Waals surface area contributed by atoms with Crippen molar-refractivity contribution in [2.45, 2.75) is 51.9 Å². The minimum absolute atomic E-state index is 0.0618. The Morgan fingerprint density at radius 1 is 1.43 bits per heavy atom. The normalized spacial score (nSPS) is 23.5. The molecule has 0 N–H and O–H groups in total. The third-order valence-corrected chi connectivity index (χ3v) is 2.35. The molecule has 4 nitrogen and oxygen atoms in total. The molecule has 0 bridgehead atoms. The van der Waals surface area contributed by atoms with E-state index in [1.54, 1.807) is 13.8 Å². The lowest BCUT2D eigenvalue weighted by Crippen LogP contribution is -2.36. The third-order valence-electron chi connectivity index (χ3n) is 2.35. The molecule has 4 heteroatoms. The average Bonchev–Trinajstić information content (AvgIpc) is 2.16. The minimum atomic E-state index is -0.888. The predicted molar refractivity (Wildman–Crippen MR) is 50.5 cm³/mol. The molecule has 0 aliphatic carbocycles. The number of ether oxygens (including phenoxy) is 1. The largest absolute Gasteiger partial charge is 0.350 e. The van der Waals surface area contributed by atoms with Gasteiger partial charge in [-0.1, -0.05) is 0 Å². The van der Waals surface area contributed by atoms with Crippen molar-refractivity contribution in [2.24, 2.45) is 0 Å². The van der Waals surface area contributed by atoms with Crippen molar-refractivity contribution < 1.29 is 19.3 Å². The Labute approximate surface area is 84.4 Å². The van der Waals surface area contributed by atoms with Crippen molar-refractivity contribution in [3.63, 3.8) is 0 Å². The Balaban J connectivity index is 2.28. The first kappa shape index (κ1) is 11.6. The second kappa shape index (κ2) is 4.87. The van der Waals surface area contributed by atoms with Gasteiger partial charge in [0, 0.05) is 13.0 Å². The van der Waals surface area contributed by atoms with Gasteiger partial charge in [-0.25, -0.2) is 9.78 Å². The van der Waals surface area contributed by atoms with Crippen molar-refractivity contribution in [1.82, 2.24) is 0 Å². The van der Waals surface area contributed by atoms with Gasteiger partial charge in [0.05, 0.1) is 0 Å². The highest BCUT2D eigenvalue weighted by Crippen LogP contribution is 2.18. The van der Waals surface area contributed by atoms with Crippen LogP contribution in [0, 0.1) is 0 Å². The van der Waals surface area contributed by atoms with Crippen molar-refractivity contribution in [3.05, 3.63) is 0 Å². The molecular weight excluding hydrogens is 184 g/mol. The first-order chi connectivity index (χ1) is 6.52. The second-order valence-corrected chi connectivity index (χ2v) is 4.04. The molecule has 0 saturated carbocycles. The first-order valence-electron chi connectivity index (χ1n) is 4.99. The highest BCUT2D eigenvalue weighted by Gasteiger charge is 2.28. The Morgan fingerprint density at radius 2 is 2.14 bits per heavy atom. The highest BCUT2D eigenvalue weighted by molar-refractivity contribution is 5.83. The molecule has 1 unspecified atom stereocenters. The van der Waals surface area contributed by atoms with Crippen LogP contribution in [-0.4, -0.2) is 24.3 Å². The van der Waals surface area contributed by atoms with Crippen LogP contribution in [0.3, 0.4) is 0 Å². The lowest BCUT2D eigenvalue weighted by Gasteiger charge is -2.26. The van der Waals surface area contributed by atoms with Gasteiger partial charge in [-0.2, -0.15) is 0 Å². The molecule has 1 aliphatic heterocycles. The van der Waals surface area contributed by atoms with E-state index in [9.17, 15) is 4.79 Å². The summed E-state index contributed by atoms with van der Waals surface area (Å²) >= 11 is 0. The zero-order chi connectivity index (χ0) is 10.6. The summed E-state index contributed by atoms with van der Waals surface area (Å²) in [4.78, 5) is 21.2. The number of rotatable bonds is 4. The van der Waals surface area contributed by atoms with Crippen LogP contribution in [0.2, 0.25) is 0 Å². The molecule has 1 rings (SSSR count). The van der Waals surface area contributed by atoms with E-state index in [2.05, 4.69) is 0 Å².